The van der Waals surface area contributed by atoms with Gasteiger partial charge in [0.2, 0.25) is 15.9 Å². The summed E-state index contributed by atoms with van der Waals surface area (Å²) in [6.45, 7) is 0.0167. The molecule has 0 bridgehead atoms. The predicted molar refractivity (Wildman–Crippen MR) is 118 cm³/mol. The van der Waals surface area contributed by atoms with E-state index in [4.69, 9.17) is 4.42 Å². The average molecular weight is 452 g/mol. The van der Waals surface area contributed by atoms with Crippen molar-refractivity contribution in [1.82, 2.24) is 14.7 Å². The summed E-state index contributed by atoms with van der Waals surface area (Å²) in [5.74, 6) is 0.555. The highest BCUT2D eigenvalue weighted by Gasteiger charge is 2.15. The van der Waals surface area contributed by atoms with Gasteiger partial charge in [0.15, 0.2) is 0 Å². The number of nitrogens with zero attached hydrogens (tertiary/aromatic N) is 1. The monoisotopic (exact) mass is 452 g/mol. The zero-order valence-electron chi connectivity index (χ0n) is 16.9. The molecule has 2 heterocycles. The molecule has 32 heavy (non-hydrogen) atoms. The number of sulfonamides is 1. The highest BCUT2D eigenvalue weighted by Crippen LogP contribution is 2.16. The third kappa shape index (κ3) is 5.10. The van der Waals surface area contributed by atoms with Gasteiger partial charge >= 0.3 is 0 Å². The van der Waals surface area contributed by atoms with Gasteiger partial charge in [-0.3, -0.25) is 9.59 Å². The number of carbonyl (C=O) groups excluding carboxylic acids is 1. The summed E-state index contributed by atoms with van der Waals surface area (Å²) in [6.07, 6.45) is 1.76. The van der Waals surface area contributed by atoms with E-state index in [1.165, 1.54) is 18.4 Å². The van der Waals surface area contributed by atoms with Crippen molar-refractivity contribution in [2.45, 2.75) is 24.3 Å². The van der Waals surface area contributed by atoms with Crippen LogP contribution in [-0.2, 0) is 27.8 Å². The Kier molecular flexibility index (Phi) is 6.15. The zero-order valence-corrected chi connectivity index (χ0v) is 17.7. The summed E-state index contributed by atoms with van der Waals surface area (Å²) in [6, 6.07) is 16.2. The fraction of sp³-hybridized carbons (Fsp3) is 0.136. The zero-order chi connectivity index (χ0) is 22.6. The second-order valence-electron chi connectivity index (χ2n) is 7.01. The van der Waals surface area contributed by atoms with Crippen LogP contribution in [0.15, 0.2) is 81.0 Å². The van der Waals surface area contributed by atoms with Crippen molar-refractivity contribution in [2.75, 3.05) is 5.32 Å². The Bertz CT molecular complexity index is 1410. The van der Waals surface area contributed by atoms with E-state index in [0.717, 1.165) is 0 Å². The first-order valence-electron chi connectivity index (χ1n) is 9.81. The molecule has 0 unspecified atom stereocenters. The molecule has 2 aromatic heterocycles. The SMILES string of the molecule is O=C(CCc1nc2ccccc2c(=O)[nH]1)Nc1cccc(S(=O)(=O)NCc2ccco2)c1. The van der Waals surface area contributed by atoms with Gasteiger partial charge in [0, 0.05) is 18.5 Å². The van der Waals surface area contributed by atoms with Gasteiger partial charge in [0.25, 0.3) is 5.56 Å². The Morgan fingerprint density at radius 2 is 1.91 bits per heavy atom. The van der Waals surface area contributed by atoms with E-state index < -0.39 is 10.0 Å². The summed E-state index contributed by atoms with van der Waals surface area (Å²) in [4.78, 5) is 31.6. The van der Waals surface area contributed by atoms with Crippen molar-refractivity contribution in [3.63, 3.8) is 0 Å². The molecule has 4 aromatic rings. The van der Waals surface area contributed by atoms with E-state index in [2.05, 4.69) is 20.0 Å². The van der Waals surface area contributed by atoms with Gasteiger partial charge in [-0.1, -0.05) is 18.2 Å². The van der Waals surface area contributed by atoms with Crippen LogP contribution >= 0.6 is 0 Å². The van der Waals surface area contributed by atoms with Gasteiger partial charge in [0.05, 0.1) is 28.6 Å². The van der Waals surface area contributed by atoms with Crippen molar-refractivity contribution in [1.29, 1.82) is 0 Å². The lowest BCUT2D eigenvalue weighted by Crippen LogP contribution is -2.23. The molecule has 9 nitrogen and oxygen atoms in total. The van der Waals surface area contributed by atoms with Crippen LogP contribution in [0.4, 0.5) is 5.69 Å². The molecule has 3 N–H and O–H groups in total. The van der Waals surface area contributed by atoms with Crippen LogP contribution in [0.1, 0.15) is 18.0 Å². The molecule has 0 aliphatic rings. The lowest BCUT2D eigenvalue weighted by Gasteiger charge is -2.09. The van der Waals surface area contributed by atoms with Gasteiger partial charge in [-0.25, -0.2) is 18.1 Å². The molecule has 164 valence electrons. The third-order valence-corrected chi connectivity index (χ3v) is 6.09. The topological polar surface area (TPSA) is 134 Å². The maximum atomic E-state index is 12.5. The number of aromatic amines is 1. The summed E-state index contributed by atoms with van der Waals surface area (Å²) < 4.78 is 32.6. The summed E-state index contributed by atoms with van der Waals surface area (Å²) in [5, 5.41) is 3.16. The van der Waals surface area contributed by atoms with Gasteiger partial charge in [-0.05, 0) is 42.5 Å². The smallest absolute Gasteiger partial charge is 0.258 e. The van der Waals surface area contributed by atoms with Crippen molar-refractivity contribution in [3.05, 3.63) is 88.9 Å². The molecular weight excluding hydrogens is 432 g/mol. The molecule has 0 fully saturated rings. The van der Waals surface area contributed by atoms with Crippen LogP contribution in [0.2, 0.25) is 0 Å². The van der Waals surface area contributed by atoms with Crippen molar-refractivity contribution in [3.8, 4) is 0 Å². The normalized spacial score (nSPS) is 11.5. The number of rotatable bonds is 8. The van der Waals surface area contributed by atoms with E-state index in [1.807, 2.05) is 0 Å². The number of hydrogen-bond donors (Lipinski definition) is 3. The van der Waals surface area contributed by atoms with Crippen molar-refractivity contribution < 1.29 is 17.6 Å². The van der Waals surface area contributed by atoms with Crippen molar-refractivity contribution >= 4 is 32.5 Å². The highest BCUT2D eigenvalue weighted by atomic mass is 32.2. The number of aromatic nitrogens is 2. The fourth-order valence-electron chi connectivity index (χ4n) is 3.11. The number of carbonyl (C=O) groups is 1. The first-order valence-corrected chi connectivity index (χ1v) is 11.3. The predicted octanol–water partition coefficient (Wildman–Crippen LogP) is 2.57. The van der Waals surface area contributed by atoms with E-state index in [0.29, 0.717) is 28.2 Å². The van der Waals surface area contributed by atoms with Gasteiger partial charge < -0.3 is 14.7 Å². The van der Waals surface area contributed by atoms with Crippen LogP contribution in [0, 0.1) is 0 Å². The van der Waals surface area contributed by atoms with Gasteiger partial charge in [0.1, 0.15) is 11.6 Å². The summed E-state index contributed by atoms with van der Waals surface area (Å²) in [7, 11) is -3.79. The Morgan fingerprint density at radius 3 is 2.72 bits per heavy atom. The number of para-hydroxylation sites is 1. The number of hydrogen-bond acceptors (Lipinski definition) is 6. The van der Waals surface area contributed by atoms with Crippen LogP contribution < -0.4 is 15.6 Å². The Morgan fingerprint density at radius 1 is 1.06 bits per heavy atom. The number of fused-ring (bicyclic) bond motifs is 1. The standard InChI is InChI=1S/C22H20N4O5S/c27-21(11-10-20-25-19-9-2-1-8-18(19)22(28)26-20)24-15-5-3-7-17(13-15)32(29,30)23-14-16-6-4-12-31-16/h1-9,12-13,23H,10-11,14H2,(H,24,27)(H,25,26,28). The Hall–Kier alpha value is -3.76. The summed E-state index contributed by atoms with van der Waals surface area (Å²) in [5.41, 5.74) is 0.647. The average Bonchev–Trinajstić information content (AvgIpc) is 3.31. The molecular formula is C22H20N4O5S. The van der Waals surface area contributed by atoms with Crippen LogP contribution in [0.25, 0.3) is 10.9 Å². The minimum absolute atomic E-state index is 0.0161. The van der Waals surface area contributed by atoms with Crippen LogP contribution in [-0.4, -0.2) is 24.3 Å². The number of nitrogens with one attached hydrogen (secondary N) is 3. The largest absolute Gasteiger partial charge is 0.468 e. The van der Waals surface area contributed by atoms with E-state index in [1.54, 1.807) is 48.5 Å². The molecule has 0 atom stereocenters. The molecule has 0 saturated carbocycles. The molecule has 0 aliphatic heterocycles. The number of amides is 1. The van der Waals surface area contributed by atoms with E-state index in [-0.39, 0.29) is 35.7 Å². The van der Waals surface area contributed by atoms with Crippen LogP contribution in [0.5, 0.6) is 0 Å². The minimum Gasteiger partial charge on any atom is -0.468 e. The fourth-order valence-corrected chi connectivity index (χ4v) is 4.15. The van der Waals surface area contributed by atoms with E-state index in [9.17, 15) is 18.0 Å². The van der Waals surface area contributed by atoms with E-state index >= 15 is 0 Å². The molecule has 1 amide bonds. The van der Waals surface area contributed by atoms with Gasteiger partial charge in [-0.15, -0.1) is 0 Å². The molecule has 0 saturated heterocycles. The molecule has 2 aromatic carbocycles. The molecule has 4 rings (SSSR count). The van der Waals surface area contributed by atoms with Crippen molar-refractivity contribution in [2.24, 2.45) is 0 Å². The summed E-state index contributed by atoms with van der Waals surface area (Å²) >= 11 is 0. The molecule has 10 heteroatoms. The number of furan rings is 1. The van der Waals surface area contributed by atoms with Gasteiger partial charge in [-0.2, -0.15) is 0 Å². The number of anilines is 1. The number of H-pyrrole nitrogens is 1. The third-order valence-electron chi connectivity index (χ3n) is 4.70. The number of aryl methyl sites for hydroxylation is 1. The quantitative estimate of drug-likeness (QED) is 0.376. The second-order valence-corrected chi connectivity index (χ2v) is 8.78. The number of benzene rings is 2. The second kappa shape index (κ2) is 9.16. The highest BCUT2D eigenvalue weighted by molar-refractivity contribution is 7.89. The molecule has 0 aliphatic carbocycles. The Labute approximate surface area is 183 Å². The minimum atomic E-state index is -3.79. The first-order chi connectivity index (χ1) is 15.4. The molecule has 0 radical (unpaired) electrons. The Balaban J connectivity index is 1.39. The maximum absolute atomic E-state index is 12.5. The van der Waals surface area contributed by atoms with Crippen LogP contribution in [0.3, 0.4) is 0 Å². The molecule has 0 spiro atoms. The maximum Gasteiger partial charge on any atom is 0.258 e. The first kappa shape index (κ1) is 21.5. The lowest BCUT2D eigenvalue weighted by atomic mass is 10.2. The lowest BCUT2D eigenvalue weighted by molar-refractivity contribution is -0.116.